The van der Waals surface area contributed by atoms with Crippen molar-refractivity contribution in [2.24, 2.45) is 28.6 Å². The van der Waals surface area contributed by atoms with Crippen LogP contribution in [0.15, 0.2) is 30.1 Å². The Morgan fingerprint density at radius 3 is 2.64 bits per heavy atom. The zero-order valence-corrected chi connectivity index (χ0v) is 17.9. The van der Waals surface area contributed by atoms with Gasteiger partial charge in [0.25, 0.3) is 0 Å². The maximum atomic E-state index is 12.0. The molecule has 4 aliphatic carbocycles. The van der Waals surface area contributed by atoms with Crippen LogP contribution in [0.25, 0.3) is 5.70 Å². The molecule has 0 unspecified atom stereocenters. The number of ketones is 1. The predicted molar refractivity (Wildman–Crippen MR) is 112 cm³/mol. The fourth-order valence-corrected chi connectivity index (χ4v) is 6.69. The first-order valence-electron chi connectivity index (χ1n) is 11.2. The minimum Gasteiger partial charge on any atom is -0.300 e. The summed E-state index contributed by atoms with van der Waals surface area (Å²) in [5, 5.41) is 8.26. The van der Waals surface area contributed by atoms with Crippen molar-refractivity contribution < 1.29 is 4.79 Å². The largest absolute Gasteiger partial charge is 0.300 e. The second-order valence-electron chi connectivity index (χ2n) is 9.84. The molecular formula is C24H35N3O. The van der Waals surface area contributed by atoms with E-state index in [4.69, 9.17) is 0 Å². The van der Waals surface area contributed by atoms with Crippen molar-refractivity contribution >= 4 is 11.5 Å². The van der Waals surface area contributed by atoms with Crippen molar-refractivity contribution in [1.29, 1.82) is 0 Å². The minimum atomic E-state index is 0.0998. The quantitative estimate of drug-likeness (QED) is 0.629. The Kier molecular flexibility index (Phi) is 5.09. The lowest BCUT2D eigenvalue weighted by molar-refractivity contribution is -0.130. The number of nitrogens with zero attached hydrogens (tertiary/aromatic N) is 3. The molecule has 1 aromatic heterocycles. The Morgan fingerprint density at radius 1 is 1.14 bits per heavy atom. The van der Waals surface area contributed by atoms with Gasteiger partial charge in [0.05, 0.1) is 18.1 Å². The first-order chi connectivity index (χ1) is 13.4. The van der Waals surface area contributed by atoms with E-state index in [-0.39, 0.29) is 5.41 Å². The van der Waals surface area contributed by atoms with E-state index in [2.05, 4.69) is 50.2 Å². The van der Waals surface area contributed by atoms with E-state index in [9.17, 15) is 4.79 Å². The Morgan fingerprint density at radius 2 is 1.93 bits per heavy atom. The van der Waals surface area contributed by atoms with Gasteiger partial charge in [-0.15, -0.1) is 5.10 Å². The van der Waals surface area contributed by atoms with Crippen LogP contribution in [-0.2, 0) is 4.79 Å². The summed E-state index contributed by atoms with van der Waals surface area (Å²) in [4.78, 5) is 12.0. The number of aromatic nitrogens is 3. The van der Waals surface area contributed by atoms with Crippen LogP contribution in [0, 0.1) is 28.6 Å². The van der Waals surface area contributed by atoms with Crippen LogP contribution < -0.4 is 0 Å². The number of fused-ring (bicyclic) bond motifs is 5. The van der Waals surface area contributed by atoms with Gasteiger partial charge in [-0.25, -0.2) is 4.68 Å². The molecule has 0 aliphatic heterocycles. The molecule has 0 aromatic carbocycles. The molecule has 0 saturated heterocycles. The zero-order valence-electron chi connectivity index (χ0n) is 17.9. The lowest BCUT2D eigenvalue weighted by Crippen LogP contribution is -2.51. The molecule has 152 valence electrons. The van der Waals surface area contributed by atoms with E-state index in [1.165, 1.54) is 37.8 Å². The van der Waals surface area contributed by atoms with Crippen LogP contribution in [0.3, 0.4) is 0 Å². The van der Waals surface area contributed by atoms with Crippen LogP contribution in [-0.4, -0.2) is 20.8 Å². The van der Waals surface area contributed by atoms with Gasteiger partial charge in [-0.1, -0.05) is 51.0 Å². The average molecular weight is 382 g/mol. The summed E-state index contributed by atoms with van der Waals surface area (Å²) in [5.74, 6) is 2.52. The summed E-state index contributed by atoms with van der Waals surface area (Å²) in [6.07, 6.45) is 17.3. The summed E-state index contributed by atoms with van der Waals surface area (Å²) in [5.41, 5.74) is 3.35. The van der Waals surface area contributed by atoms with Gasteiger partial charge < -0.3 is 0 Å². The second-order valence-corrected chi connectivity index (χ2v) is 9.84. The lowest BCUT2D eigenvalue weighted by Gasteiger charge is -2.58. The first kappa shape index (κ1) is 19.6. The summed E-state index contributed by atoms with van der Waals surface area (Å²) >= 11 is 0. The van der Waals surface area contributed by atoms with Crippen molar-refractivity contribution in [3.63, 3.8) is 0 Å². The number of carbonyl (C=O) groups is 1. The van der Waals surface area contributed by atoms with Gasteiger partial charge >= 0.3 is 0 Å². The molecule has 3 fully saturated rings. The van der Waals surface area contributed by atoms with Gasteiger partial charge in [0.1, 0.15) is 5.78 Å². The van der Waals surface area contributed by atoms with E-state index in [1.54, 1.807) is 11.8 Å². The van der Waals surface area contributed by atoms with E-state index >= 15 is 0 Å². The van der Waals surface area contributed by atoms with Crippen molar-refractivity contribution in [3.05, 3.63) is 30.1 Å². The number of hydrogen-bond donors (Lipinski definition) is 0. The maximum absolute atomic E-state index is 12.0. The molecule has 3 saturated carbocycles. The van der Waals surface area contributed by atoms with E-state index in [1.807, 2.05) is 10.9 Å². The van der Waals surface area contributed by atoms with Gasteiger partial charge in [-0.3, -0.25) is 4.79 Å². The van der Waals surface area contributed by atoms with Gasteiger partial charge in [0, 0.05) is 18.3 Å². The third kappa shape index (κ3) is 2.91. The van der Waals surface area contributed by atoms with E-state index < -0.39 is 0 Å². The third-order valence-electron chi connectivity index (χ3n) is 8.16. The second kappa shape index (κ2) is 7.27. The fourth-order valence-electron chi connectivity index (χ4n) is 6.69. The highest BCUT2D eigenvalue weighted by molar-refractivity contribution is 5.79. The highest BCUT2D eigenvalue weighted by Gasteiger charge is 2.56. The molecule has 0 radical (unpaired) electrons. The van der Waals surface area contributed by atoms with Crippen LogP contribution in [0.5, 0.6) is 0 Å². The third-order valence-corrected chi connectivity index (χ3v) is 8.16. The molecule has 0 bridgehead atoms. The Hall–Kier alpha value is -1.71. The van der Waals surface area contributed by atoms with Crippen LogP contribution in [0.4, 0.5) is 0 Å². The molecule has 28 heavy (non-hydrogen) atoms. The van der Waals surface area contributed by atoms with Gasteiger partial charge in [0.2, 0.25) is 0 Å². The summed E-state index contributed by atoms with van der Waals surface area (Å²) in [6, 6.07) is 0. The standard InChI is InChI=1S/C21H27N3O.C3H8/c1-20-9-7-15(25)13-14(20)3-4-16-17-5-6-19(24-12-11-22-23-24)21(17,2)10-8-18(16)20;1-3-2/h5-6,11-12,14,16,18H,3-4,7-10,13H2,1-2H3;3H2,1-2H3/t14-,16-,18-,20-,21-;/m0./s1. The number of hydrogen-bond acceptors (Lipinski definition) is 3. The van der Waals surface area contributed by atoms with Crippen LogP contribution >= 0.6 is 0 Å². The van der Waals surface area contributed by atoms with E-state index in [0.29, 0.717) is 23.0 Å². The number of rotatable bonds is 1. The number of Topliss-reactive ketones (excluding diaryl/α,β-unsaturated/α-hetero) is 1. The predicted octanol–water partition coefficient (Wildman–Crippen LogP) is 5.68. The molecule has 4 nitrogen and oxygen atoms in total. The molecular weight excluding hydrogens is 346 g/mol. The van der Waals surface area contributed by atoms with Crippen molar-refractivity contribution in [3.8, 4) is 0 Å². The molecule has 4 aliphatic rings. The normalized spacial score (nSPS) is 39.0. The maximum Gasteiger partial charge on any atom is 0.133 e. The summed E-state index contributed by atoms with van der Waals surface area (Å²) in [6.45, 7) is 9.14. The topological polar surface area (TPSA) is 47.8 Å². The number of carbonyl (C=O) groups excluding carboxylic acids is 1. The SMILES string of the molecule is CCC.C[C@]12CC[C@H]3[C@@H](CC[C@H]4CC(=O)CC[C@@]43C)C1=CC=C2n1ccnn1. The van der Waals surface area contributed by atoms with Crippen LogP contribution in [0.1, 0.15) is 79.1 Å². The van der Waals surface area contributed by atoms with Crippen molar-refractivity contribution in [2.75, 3.05) is 0 Å². The average Bonchev–Trinajstić information content (AvgIpc) is 3.30. The molecule has 0 N–H and O–H groups in total. The minimum absolute atomic E-state index is 0.0998. The number of allylic oxidation sites excluding steroid dienone is 4. The lowest BCUT2D eigenvalue weighted by atomic mass is 9.46. The van der Waals surface area contributed by atoms with Gasteiger partial charge in [0.15, 0.2) is 0 Å². The van der Waals surface area contributed by atoms with E-state index in [0.717, 1.165) is 25.2 Å². The van der Waals surface area contributed by atoms with Crippen molar-refractivity contribution in [2.45, 2.75) is 79.1 Å². The first-order valence-corrected chi connectivity index (χ1v) is 11.2. The molecule has 4 heteroatoms. The molecule has 0 spiro atoms. The Bertz CT molecular complexity index is 793. The smallest absolute Gasteiger partial charge is 0.133 e. The highest BCUT2D eigenvalue weighted by atomic mass is 16.1. The summed E-state index contributed by atoms with van der Waals surface area (Å²) in [7, 11) is 0. The van der Waals surface area contributed by atoms with Crippen LogP contribution in [0.2, 0.25) is 0 Å². The monoisotopic (exact) mass is 381 g/mol. The zero-order chi connectivity index (χ0) is 19.9. The van der Waals surface area contributed by atoms with Gasteiger partial charge in [-0.05, 0) is 61.3 Å². The molecule has 1 heterocycles. The van der Waals surface area contributed by atoms with Gasteiger partial charge in [-0.2, -0.15) is 0 Å². The molecule has 5 atom stereocenters. The highest BCUT2D eigenvalue weighted by Crippen LogP contribution is 2.65. The van der Waals surface area contributed by atoms with Crippen molar-refractivity contribution in [1.82, 2.24) is 15.0 Å². The summed E-state index contributed by atoms with van der Waals surface area (Å²) < 4.78 is 1.95. The Labute approximate surface area is 169 Å². The molecule has 1 aromatic rings. The fraction of sp³-hybridized carbons (Fsp3) is 0.708. The Balaban J connectivity index is 0.000000604. The molecule has 5 rings (SSSR count). The molecule has 0 amide bonds.